The second-order valence-electron chi connectivity index (χ2n) is 7.30. The summed E-state index contributed by atoms with van der Waals surface area (Å²) in [5.74, 6) is 0.944. The Morgan fingerprint density at radius 1 is 1.03 bits per heavy atom. The zero-order valence-corrected chi connectivity index (χ0v) is 17.2. The lowest BCUT2D eigenvalue weighted by atomic mass is 10.1. The van der Waals surface area contributed by atoms with Gasteiger partial charge in [0, 0.05) is 11.6 Å². The Hall–Kier alpha value is -4.32. The van der Waals surface area contributed by atoms with Gasteiger partial charge in [-0.25, -0.2) is 19.6 Å². The van der Waals surface area contributed by atoms with Gasteiger partial charge < -0.3 is 11.1 Å². The number of nitriles is 1. The van der Waals surface area contributed by atoms with E-state index in [0.717, 1.165) is 17.1 Å². The van der Waals surface area contributed by atoms with Crippen LogP contribution in [-0.2, 0) is 6.54 Å². The lowest BCUT2D eigenvalue weighted by molar-refractivity contribution is 0.639. The van der Waals surface area contributed by atoms with Crippen LogP contribution in [0.3, 0.4) is 0 Å². The highest BCUT2D eigenvalue weighted by Crippen LogP contribution is 2.24. The van der Waals surface area contributed by atoms with E-state index in [0.29, 0.717) is 35.2 Å². The largest absolute Gasteiger partial charge is 0.368 e. The SMILES string of the molecule is CC(C)Nc1cccc(Cn2cc(-c3cc(-c4cccc(C#N)c4)nc(N)n3)nn2)n1. The van der Waals surface area contributed by atoms with Crippen LogP contribution in [0.25, 0.3) is 22.6 Å². The van der Waals surface area contributed by atoms with Crippen molar-refractivity contribution in [2.75, 3.05) is 11.1 Å². The Kier molecular flexibility index (Phi) is 5.53. The molecule has 9 nitrogen and oxygen atoms in total. The van der Waals surface area contributed by atoms with Gasteiger partial charge >= 0.3 is 0 Å². The van der Waals surface area contributed by atoms with Gasteiger partial charge in [0.2, 0.25) is 5.95 Å². The lowest BCUT2D eigenvalue weighted by Gasteiger charge is -2.10. The van der Waals surface area contributed by atoms with E-state index in [4.69, 9.17) is 11.0 Å². The number of hydrogen-bond acceptors (Lipinski definition) is 8. The normalized spacial score (nSPS) is 10.8. The summed E-state index contributed by atoms with van der Waals surface area (Å²) in [5.41, 5.74) is 9.86. The van der Waals surface area contributed by atoms with E-state index in [1.54, 1.807) is 35.1 Å². The van der Waals surface area contributed by atoms with Crippen molar-refractivity contribution in [2.45, 2.75) is 26.4 Å². The molecule has 0 aliphatic carbocycles. The van der Waals surface area contributed by atoms with E-state index >= 15 is 0 Å². The maximum absolute atomic E-state index is 9.14. The quantitative estimate of drug-likeness (QED) is 0.495. The molecule has 3 heterocycles. The number of nitrogens with two attached hydrogens (primary N) is 1. The van der Waals surface area contributed by atoms with E-state index in [9.17, 15) is 0 Å². The van der Waals surface area contributed by atoms with E-state index in [2.05, 4.69) is 50.5 Å². The fraction of sp³-hybridized carbons (Fsp3) is 0.182. The molecule has 0 spiro atoms. The molecule has 0 aliphatic heterocycles. The van der Waals surface area contributed by atoms with Crippen LogP contribution in [0.1, 0.15) is 25.1 Å². The first kappa shape index (κ1) is 20.0. The molecule has 0 bridgehead atoms. The number of nitrogens with one attached hydrogen (secondary N) is 1. The maximum Gasteiger partial charge on any atom is 0.221 e. The summed E-state index contributed by atoms with van der Waals surface area (Å²) in [4.78, 5) is 13.2. The van der Waals surface area contributed by atoms with E-state index in [1.807, 2.05) is 24.3 Å². The molecule has 9 heteroatoms. The first-order chi connectivity index (χ1) is 15.0. The van der Waals surface area contributed by atoms with Crippen LogP contribution in [0.15, 0.2) is 54.7 Å². The Morgan fingerprint density at radius 3 is 2.65 bits per heavy atom. The Balaban J connectivity index is 1.59. The highest BCUT2D eigenvalue weighted by Gasteiger charge is 2.11. The minimum atomic E-state index is 0.124. The number of nitrogens with zero attached hydrogens (tertiary/aromatic N) is 7. The first-order valence-electron chi connectivity index (χ1n) is 9.78. The van der Waals surface area contributed by atoms with Crippen molar-refractivity contribution >= 4 is 11.8 Å². The average Bonchev–Trinajstić information content (AvgIpc) is 3.21. The summed E-state index contributed by atoms with van der Waals surface area (Å²) in [5, 5.41) is 20.9. The number of anilines is 2. The number of pyridine rings is 1. The molecule has 0 fully saturated rings. The maximum atomic E-state index is 9.14. The first-order valence-corrected chi connectivity index (χ1v) is 9.78. The molecule has 4 rings (SSSR count). The molecule has 31 heavy (non-hydrogen) atoms. The molecule has 0 amide bonds. The Bertz CT molecular complexity index is 1250. The van der Waals surface area contributed by atoms with Crippen molar-refractivity contribution in [3.05, 3.63) is 66.0 Å². The monoisotopic (exact) mass is 411 g/mol. The molecule has 0 unspecified atom stereocenters. The van der Waals surface area contributed by atoms with Crippen molar-refractivity contribution in [3.8, 4) is 28.7 Å². The van der Waals surface area contributed by atoms with Gasteiger partial charge in [0.15, 0.2) is 0 Å². The van der Waals surface area contributed by atoms with Gasteiger partial charge in [-0.15, -0.1) is 5.10 Å². The van der Waals surface area contributed by atoms with Crippen LogP contribution in [-0.4, -0.2) is 36.0 Å². The van der Waals surface area contributed by atoms with Gasteiger partial charge in [0.1, 0.15) is 11.5 Å². The third-order valence-electron chi connectivity index (χ3n) is 4.40. The topological polar surface area (TPSA) is 131 Å². The molecule has 3 N–H and O–H groups in total. The Labute approximate surface area is 179 Å². The second kappa shape index (κ2) is 8.59. The van der Waals surface area contributed by atoms with Crippen LogP contribution in [0.2, 0.25) is 0 Å². The van der Waals surface area contributed by atoms with Crippen molar-refractivity contribution < 1.29 is 0 Å². The molecular weight excluding hydrogens is 390 g/mol. The fourth-order valence-corrected chi connectivity index (χ4v) is 3.10. The van der Waals surface area contributed by atoms with Crippen molar-refractivity contribution in [1.82, 2.24) is 29.9 Å². The van der Waals surface area contributed by atoms with E-state index in [-0.39, 0.29) is 5.95 Å². The summed E-state index contributed by atoms with van der Waals surface area (Å²) < 4.78 is 1.70. The zero-order chi connectivity index (χ0) is 21.8. The summed E-state index contributed by atoms with van der Waals surface area (Å²) in [6, 6.07) is 17.2. The number of nitrogen functional groups attached to an aromatic ring is 1. The predicted octanol–water partition coefficient (Wildman–Crippen LogP) is 3.12. The molecule has 3 aromatic heterocycles. The fourth-order valence-electron chi connectivity index (χ4n) is 3.10. The van der Waals surface area contributed by atoms with Crippen LogP contribution >= 0.6 is 0 Å². The average molecular weight is 411 g/mol. The minimum absolute atomic E-state index is 0.124. The van der Waals surface area contributed by atoms with Crippen molar-refractivity contribution in [3.63, 3.8) is 0 Å². The smallest absolute Gasteiger partial charge is 0.221 e. The van der Waals surface area contributed by atoms with Gasteiger partial charge in [-0.3, -0.25) is 0 Å². The minimum Gasteiger partial charge on any atom is -0.368 e. The third kappa shape index (κ3) is 4.82. The molecule has 0 saturated heterocycles. The van der Waals surface area contributed by atoms with Gasteiger partial charge in [0.05, 0.1) is 41.5 Å². The summed E-state index contributed by atoms with van der Waals surface area (Å²) in [7, 11) is 0. The van der Waals surface area contributed by atoms with Crippen molar-refractivity contribution in [1.29, 1.82) is 5.26 Å². The molecule has 0 aliphatic rings. The number of aromatic nitrogens is 6. The number of hydrogen-bond donors (Lipinski definition) is 2. The molecule has 154 valence electrons. The summed E-state index contributed by atoms with van der Waals surface area (Å²) in [6.07, 6.45) is 1.79. The standard InChI is InChI=1S/C22H21N9/c1-14(2)25-21-8-4-7-17(26-21)12-31-13-20(29-30-31)19-10-18(27-22(24)28-19)16-6-3-5-15(9-16)11-23/h3-10,13-14H,12H2,1-2H3,(H,25,26)(H2,24,27,28). The highest BCUT2D eigenvalue weighted by molar-refractivity contribution is 5.68. The summed E-state index contributed by atoms with van der Waals surface area (Å²) in [6.45, 7) is 4.60. The lowest BCUT2D eigenvalue weighted by Crippen LogP contribution is -2.12. The van der Waals surface area contributed by atoms with Gasteiger partial charge in [-0.1, -0.05) is 23.4 Å². The Morgan fingerprint density at radius 2 is 1.84 bits per heavy atom. The zero-order valence-electron chi connectivity index (χ0n) is 17.2. The van der Waals surface area contributed by atoms with Gasteiger partial charge in [-0.2, -0.15) is 5.26 Å². The summed E-state index contributed by atoms with van der Waals surface area (Å²) >= 11 is 0. The van der Waals surface area contributed by atoms with Crippen LogP contribution < -0.4 is 11.1 Å². The van der Waals surface area contributed by atoms with Gasteiger partial charge in [0.25, 0.3) is 0 Å². The molecule has 0 radical (unpaired) electrons. The van der Waals surface area contributed by atoms with Crippen LogP contribution in [0.4, 0.5) is 11.8 Å². The van der Waals surface area contributed by atoms with Crippen LogP contribution in [0.5, 0.6) is 0 Å². The van der Waals surface area contributed by atoms with E-state index in [1.165, 1.54) is 0 Å². The molecule has 4 aromatic rings. The number of benzene rings is 1. The second-order valence-corrected chi connectivity index (χ2v) is 7.30. The number of rotatable bonds is 6. The van der Waals surface area contributed by atoms with Crippen LogP contribution in [0, 0.1) is 11.3 Å². The predicted molar refractivity (Wildman–Crippen MR) is 118 cm³/mol. The third-order valence-corrected chi connectivity index (χ3v) is 4.40. The van der Waals surface area contributed by atoms with Crippen molar-refractivity contribution in [2.24, 2.45) is 0 Å². The van der Waals surface area contributed by atoms with Gasteiger partial charge in [-0.05, 0) is 44.2 Å². The van der Waals surface area contributed by atoms with E-state index < -0.39 is 0 Å². The molecule has 0 atom stereocenters. The molecule has 0 saturated carbocycles. The molecule has 1 aromatic carbocycles. The molecular formula is C22H21N9. The highest BCUT2D eigenvalue weighted by atomic mass is 15.4.